The Bertz CT molecular complexity index is 1090. The van der Waals surface area contributed by atoms with E-state index >= 15 is 0 Å². The summed E-state index contributed by atoms with van der Waals surface area (Å²) in [4.78, 5) is 32.3. The van der Waals surface area contributed by atoms with Crippen LogP contribution in [0.3, 0.4) is 0 Å². The molecule has 2 heterocycles. The normalized spacial score (nSPS) is 19.1. The molecule has 1 unspecified atom stereocenters. The Labute approximate surface area is 171 Å². The zero-order valence-corrected chi connectivity index (χ0v) is 17.2. The highest BCUT2D eigenvalue weighted by Crippen LogP contribution is 2.30. The monoisotopic (exact) mass is 437 g/mol. The molecule has 1 aliphatic heterocycles. The Morgan fingerprint density at radius 1 is 1.07 bits per heavy atom. The van der Waals surface area contributed by atoms with Crippen LogP contribution in [0.25, 0.3) is 17.0 Å². The van der Waals surface area contributed by atoms with Gasteiger partial charge in [-0.25, -0.2) is 0 Å². The molecular weight excluding hydrogens is 418 g/mol. The number of H-pyrrole nitrogens is 1. The van der Waals surface area contributed by atoms with Gasteiger partial charge in [-0.2, -0.15) is 0 Å². The Balaban J connectivity index is 1.69. The van der Waals surface area contributed by atoms with E-state index in [4.69, 9.17) is 0 Å². The fraction of sp³-hybridized carbons (Fsp3) is 0.182. The quantitative estimate of drug-likeness (QED) is 0.633. The maximum Gasteiger partial charge on any atom is 0.271 e. The van der Waals surface area contributed by atoms with E-state index in [1.807, 2.05) is 54.7 Å². The Morgan fingerprint density at radius 2 is 1.82 bits per heavy atom. The van der Waals surface area contributed by atoms with Crippen LogP contribution in [0.15, 0.2) is 64.9 Å². The average molecular weight is 438 g/mol. The highest BCUT2D eigenvalue weighted by atomic mass is 79.9. The number of likely N-dealkylation sites (N-methyl/N-ethyl adjacent to an activating group) is 2. The Hall–Kier alpha value is -2.86. The second-order valence-electron chi connectivity index (χ2n) is 6.95. The number of rotatable bonds is 3. The van der Waals surface area contributed by atoms with Crippen LogP contribution in [0, 0.1) is 0 Å². The molecule has 0 spiro atoms. The van der Waals surface area contributed by atoms with Crippen LogP contribution in [0.4, 0.5) is 0 Å². The Morgan fingerprint density at radius 3 is 2.57 bits per heavy atom. The number of nitrogens with one attached hydrogen (secondary N) is 1. The lowest BCUT2D eigenvalue weighted by atomic mass is 10.00. The van der Waals surface area contributed by atoms with E-state index in [9.17, 15) is 9.59 Å². The van der Waals surface area contributed by atoms with Crippen LogP contribution in [-0.2, 0) is 16.0 Å². The van der Waals surface area contributed by atoms with Crippen LogP contribution < -0.4 is 0 Å². The zero-order valence-electron chi connectivity index (χ0n) is 15.6. The summed E-state index contributed by atoms with van der Waals surface area (Å²) in [6.07, 6.45) is 4.13. The maximum absolute atomic E-state index is 13.1. The molecule has 0 bridgehead atoms. The van der Waals surface area contributed by atoms with Crippen LogP contribution in [0.1, 0.15) is 11.1 Å². The molecule has 1 atom stereocenters. The van der Waals surface area contributed by atoms with Crippen molar-refractivity contribution in [2.45, 2.75) is 12.5 Å². The number of hydrogen-bond donors (Lipinski definition) is 1. The molecule has 1 fully saturated rings. The lowest BCUT2D eigenvalue weighted by Crippen LogP contribution is -2.56. The molecule has 1 aromatic heterocycles. The number of aromatic nitrogens is 1. The van der Waals surface area contributed by atoms with E-state index in [1.165, 1.54) is 4.90 Å². The topological polar surface area (TPSA) is 56.4 Å². The first-order valence-electron chi connectivity index (χ1n) is 9.03. The minimum Gasteiger partial charge on any atom is -0.361 e. The van der Waals surface area contributed by atoms with Gasteiger partial charge in [0.15, 0.2) is 0 Å². The molecule has 1 saturated heterocycles. The fourth-order valence-electron chi connectivity index (χ4n) is 3.62. The lowest BCUT2D eigenvalue weighted by Gasteiger charge is -2.38. The minimum absolute atomic E-state index is 0.0869. The first-order valence-corrected chi connectivity index (χ1v) is 9.82. The van der Waals surface area contributed by atoms with Crippen molar-refractivity contribution < 1.29 is 9.59 Å². The first kappa shape index (κ1) is 18.5. The molecule has 0 saturated carbocycles. The summed E-state index contributed by atoms with van der Waals surface area (Å²) in [7, 11) is 3.36. The van der Waals surface area contributed by atoms with Crippen molar-refractivity contribution in [1.29, 1.82) is 0 Å². The van der Waals surface area contributed by atoms with Crippen LogP contribution in [-0.4, -0.2) is 46.7 Å². The second-order valence-corrected chi connectivity index (χ2v) is 7.81. The molecule has 1 aliphatic rings. The van der Waals surface area contributed by atoms with Crippen molar-refractivity contribution in [1.82, 2.24) is 14.8 Å². The van der Waals surface area contributed by atoms with Crippen molar-refractivity contribution in [2.75, 3.05) is 14.1 Å². The maximum atomic E-state index is 13.1. The predicted octanol–water partition coefficient (Wildman–Crippen LogP) is 3.81. The number of piperazine rings is 1. The first-order chi connectivity index (χ1) is 13.5. The van der Waals surface area contributed by atoms with Crippen molar-refractivity contribution in [3.8, 4) is 0 Å². The number of carbonyl (C=O) groups is 2. The van der Waals surface area contributed by atoms with Crippen molar-refractivity contribution in [3.05, 3.63) is 76.0 Å². The van der Waals surface area contributed by atoms with Gasteiger partial charge in [0.2, 0.25) is 5.91 Å². The smallest absolute Gasteiger partial charge is 0.271 e. The van der Waals surface area contributed by atoms with Gasteiger partial charge in [-0.1, -0.05) is 52.3 Å². The van der Waals surface area contributed by atoms with E-state index in [0.29, 0.717) is 12.1 Å². The summed E-state index contributed by atoms with van der Waals surface area (Å²) >= 11 is 3.57. The third-order valence-corrected chi connectivity index (χ3v) is 5.89. The molecule has 2 amide bonds. The summed E-state index contributed by atoms with van der Waals surface area (Å²) in [6.45, 7) is 0. The van der Waals surface area contributed by atoms with E-state index in [1.54, 1.807) is 25.1 Å². The van der Waals surface area contributed by atoms with E-state index in [-0.39, 0.29) is 11.8 Å². The summed E-state index contributed by atoms with van der Waals surface area (Å²) in [6, 6.07) is 15.1. The number of benzene rings is 2. The van der Waals surface area contributed by atoms with Crippen molar-refractivity contribution in [3.63, 3.8) is 0 Å². The number of aromatic amines is 1. The van der Waals surface area contributed by atoms with Gasteiger partial charge in [0.1, 0.15) is 11.7 Å². The second kappa shape index (κ2) is 7.28. The number of halogens is 1. The minimum atomic E-state index is -0.508. The fourth-order valence-corrected chi connectivity index (χ4v) is 4.22. The Kier molecular flexibility index (Phi) is 4.81. The van der Waals surface area contributed by atoms with Crippen molar-refractivity contribution in [2.24, 2.45) is 0 Å². The van der Waals surface area contributed by atoms with Gasteiger partial charge in [-0.05, 0) is 23.8 Å². The average Bonchev–Trinajstić information content (AvgIpc) is 3.12. The zero-order chi connectivity index (χ0) is 19.8. The van der Waals surface area contributed by atoms with Gasteiger partial charge in [0.05, 0.1) is 0 Å². The molecule has 6 heteroatoms. The molecule has 142 valence electrons. The van der Waals surface area contributed by atoms with Gasteiger partial charge in [-0.3, -0.25) is 9.59 Å². The number of fused-ring (bicyclic) bond motifs is 1. The van der Waals surface area contributed by atoms with E-state index in [0.717, 1.165) is 26.5 Å². The van der Waals surface area contributed by atoms with Gasteiger partial charge >= 0.3 is 0 Å². The highest BCUT2D eigenvalue weighted by Gasteiger charge is 2.39. The van der Waals surface area contributed by atoms with Gasteiger partial charge < -0.3 is 14.8 Å². The number of hydrogen-bond acceptors (Lipinski definition) is 2. The molecule has 0 radical (unpaired) electrons. The third kappa shape index (κ3) is 3.14. The van der Waals surface area contributed by atoms with E-state index < -0.39 is 6.04 Å². The summed E-state index contributed by atoms with van der Waals surface area (Å²) < 4.78 is 0.936. The van der Waals surface area contributed by atoms with Crippen LogP contribution in [0.5, 0.6) is 0 Å². The highest BCUT2D eigenvalue weighted by molar-refractivity contribution is 9.10. The predicted molar refractivity (Wildman–Crippen MR) is 113 cm³/mol. The van der Waals surface area contributed by atoms with Gasteiger partial charge in [0.25, 0.3) is 5.91 Å². The largest absolute Gasteiger partial charge is 0.361 e. The summed E-state index contributed by atoms with van der Waals surface area (Å²) in [5.41, 5.74) is 3.23. The third-order valence-electron chi connectivity index (χ3n) is 5.23. The molecular formula is C22H20BrN3O2. The van der Waals surface area contributed by atoms with Gasteiger partial charge in [-0.15, -0.1) is 0 Å². The summed E-state index contributed by atoms with van der Waals surface area (Å²) in [5, 5.41) is 0.984. The number of amides is 2. The molecule has 2 aromatic carbocycles. The molecule has 1 N–H and O–H groups in total. The standard InChI is InChI=1S/C22H20BrN3O2/c1-25-18(11-14-7-4-3-5-8-14)21(27)26(2)19(22(25)28)12-15-13-24-17-10-6-9-16(23)20(15)17/h3-10,12-13,18,24H,11H2,1-2H3/b19-12-. The number of nitrogens with zero attached hydrogens (tertiary/aromatic N) is 2. The number of carbonyl (C=O) groups excluding carboxylic acids is 2. The van der Waals surface area contributed by atoms with Crippen LogP contribution >= 0.6 is 15.9 Å². The molecule has 5 nitrogen and oxygen atoms in total. The van der Waals surface area contributed by atoms with Crippen molar-refractivity contribution >= 4 is 44.7 Å². The molecule has 0 aliphatic carbocycles. The van der Waals surface area contributed by atoms with E-state index in [2.05, 4.69) is 20.9 Å². The molecule has 3 aromatic rings. The lowest BCUT2D eigenvalue weighted by molar-refractivity contribution is -0.148. The SMILES string of the molecule is CN1C(=O)C(Cc2ccccc2)N(C)C(=O)/C1=C/c1c[nH]c2cccc(Br)c12. The van der Waals surface area contributed by atoms with Gasteiger partial charge in [0, 0.05) is 47.7 Å². The summed E-state index contributed by atoms with van der Waals surface area (Å²) in [5.74, 6) is -0.249. The molecule has 28 heavy (non-hydrogen) atoms. The molecule has 4 rings (SSSR count). The van der Waals surface area contributed by atoms with Crippen LogP contribution in [0.2, 0.25) is 0 Å².